The molecule has 7 nitrogen and oxygen atoms in total. The zero-order valence-corrected chi connectivity index (χ0v) is 17.7. The van der Waals surface area contributed by atoms with Gasteiger partial charge in [-0.15, -0.1) is 0 Å². The first-order chi connectivity index (χ1) is 14.5. The molecule has 0 unspecified atom stereocenters. The molecule has 1 heterocycles. The van der Waals surface area contributed by atoms with Crippen LogP contribution in [0.15, 0.2) is 36.4 Å². The van der Waals surface area contributed by atoms with Crippen molar-refractivity contribution in [2.24, 2.45) is 0 Å². The standard InChI is InChI=1S/C23H28N2O5/c1-4-29-23(27)19-14-18(6-7-20(19)25-9-11-28-12-10-25)24-22(26)15-30-21-8-5-16(2)13-17(21)3/h5-8,13-14H,4,9-12,15H2,1-3H3,(H,24,26). The van der Waals surface area contributed by atoms with E-state index in [2.05, 4.69) is 10.2 Å². The van der Waals surface area contributed by atoms with Gasteiger partial charge in [-0.05, 0) is 50.6 Å². The summed E-state index contributed by atoms with van der Waals surface area (Å²) in [4.78, 5) is 27.0. The Morgan fingerprint density at radius 2 is 1.87 bits per heavy atom. The number of ether oxygens (including phenoxy) is 3. The molecule has 1 amide bonds. The van der Waals surface area contributed by atoms with Gasteiger partial charge >= 0.3 is 5.97 Å². The number of hydrogen-bond donors (Lipinski definition) is 1. The first-order valence-electron chi connectivity index (χ1n) is 10.1. The van der Waals surface area contributed by atoms with Gasteiger partial charge in [-0.25, -0.2) is 4.79 Å². The van der Waals surface area contributed by atoms with Crippen LogP contribution in [0.25, 0.3) is 0 Å². The number of esters is 1. The third-order valence-corrected chi connectivity index (χ3v) is 4.82. The molecule has 0 spiro atoms. The minimum Gasteiger partial charge on any atom is -0.483 e. The molecule has 1 N–H and O–H groups in total. The topological polar surface area (TPSA) is 77.1 Å². The first kappa shape index (κ1) is 21.6. The van der Waals surface area contributed by atoms with Crippen molar-refractivity contribution in [2.45, 2.75) is 20.8 Å². The summed E-state index contributed by atoms with van der Waals surface area (Å²) in [6.45, 7) is 8.48. The number of carbonyl (C=O) groups excluding carboxylic acids is 2. The fourth-order valence-electron chi connectivity index (χ4n) is 3.37. The van der Waals surface area contributed by atoms with Crippen LogP contribution < -0.4 is 15.0 Å². The van der Waals surface area contributed by atoms with Crippen LogP contribution in [0.5, 0.6) is 5.75 Å². The van der Waals surface area contributed by atoms with Gasteiger partial charge in [0.15, 0.2) is 6.61 Å². The summed E-state index contributed by atoms with van der Waals surface area (Å²) >= 11 is 0. The highest BCUT2D eigenvalue weighted by Crippen LogP contribution is 2.26. The average molecular weight is 412 g/mol. The van der Waals surface area contributed by atoms with E-state index in [1.807, 2.05) is 38.1 Å². The lowest BCUT2D eigenvalue weighted by molar-refractivity contribution is -0.118. The first-order valence-corrected chi connectivity index (χ1v) is 10.1. The van der Waals surface area contributed by atoms with Crippen LogP contribution in [-0.4, -0.2) is 51.4 Å². The van der Waals surface area contributed by atoms with Crippen LogP contribution in [0.4, 0.5) is 11.4 Å². The second kappa shape index (κ2) is 10.1. The number of hydrogen-bond acceptors (Lipinski definition) is 6. The molecule has 1 aliphatic rings. The van der Waals surface area contributed by atoms with Gasteiger partial charge in [-0.1, -0.05) is 17.7 Å². The van der Waals surface area contributed by atoms with Crippen LogP contribution in [0.1, 0.15) is 28.4 Å². The predicted octanol–water partition coefficient (Wildman–Crippen LogP) is 3.33. The molecule has 0 aliphatic carbocycles. The molecule has 0 aromatic heterocycles. The van der Waals surface area contributed by atoms with Crippen molar-refractivity contribution in [3.05, 3.63) is 53.1 Å². The number of benzene rings is 2. The Morgan fingerprint density at radius 1 is 1.10 bits per heavy atom. The molecule has 2 aromatic carbocycles. The lowest BCUT2D eigenvalue weighted by Gasteiger charge is -2.30. The van der Waals surface area contributed by atoms with E-state index in [-0.39, 0.29) is 19.1 Å². The summed E-state index contributed by atoms with van der Waals surface area (Å²) in [6.07, 6.45) is 0. The van der Waals surface area contributed by atoms with Crippen molar-refractivity contribution in [1.82, 2.24) is 0 Å². The maximum atomic E-state index is 12.5. The van der Waals surface area contributed by atoms with E-state index < -0.39 is 5.97 Å². The third kappa shape index (κ3) is 5.51. The van der Waals surface area contributed by atoms with Crippen molar-refractivity contribution >= 4 is 23.3 Å². The highest BCUT2D eigenvalue weighted by atomic mass is 16.5. The summed E-state index contributed by atoms with van der Waals surface area (Å²) in [5, 5.41) is 2.80. The number of amides is 1. The molecule has 2 aromatic rings. The summed E-state index contributed by atoms with van der Waals surface area (Å²) in [5.41, 5.74) is 3.83. The van der Waals surface area contributed by atoms with Gasteiger partial charge in [0.05, 0.1) is 31.1 Å². The Hall–Kier alpha value is -3.06. The minimum atomic E-state index is -0.415. The van der Waals surface area contributed by atoms with Crippen molar-refractivity contribution < 1.29 is 23.8 Å². The Morgan fingerprint density at radius 3 is 2.57 bits per heavy atom. The summed E-state index contributed by atoms with van der Waals surface area (Å²) in [6, 6.07) is 11.1. The van der Waals surface area contributed by atoms with E-state index in [0.717, 1.165) is 16.8 Å². The SMILES string of the molecule is CCOC(=O)c1cc(NC(=O)COc2ccc(C)cc2C)ccc1N1CCOCC1. The minimum absolute atomic E-state index is 0.121. The largest absolute Gasteiger partial charge is 0.483 e. The molecule has 1 fully saturated rings. The van der Waals surface area contributed by atoms with Crippen LogP contribution in [0, 0.1) is 13.8 Å². The molecular weight excluding hydrogens is 384 g/mol. The van der Waals surface area contributed by atoms with Gasteiger partial charge in [-0.2, -0.15) is 0 Å². The lowest BCUT2D eigenvalue weighted by atomic mass is 10.1. The van der Waals surface area contributed by atoms with Crippen LogP contribution in [0.2, 0.25) is 0 Å². The monoisotopic (exact) mass is 412 g/mol. The fraction of sp³-hybridized carbons (Fsp3) is 0.391. The number of rotatable bonds is 7. The maximum absolute atomic E-state index is 12.5. The molecule has 0 atom stereocenters. The highest BCUT2D eigenvalue weighted by Gasteiger charge is 2.20. The molecule has 160 valence electrons. The van der Waals surface area contributed by atoms with Crippen LogP contribution >= 0.6 is 0 Å². The van der Waals surface area contributed by atoms with E-state index in [1.165, 1.54) is 0 Å². The van der Waals surface area contributed by atoms with Gasteiger partial charge in [-0.3, -0.25) is 4.79 Å². The van der Waals surface area contributed by atoms with Gasteiger partial charge in [0, 0.05) is 18.8 Å². The number of morpholine rings is 1. The normalized spacial score (nSPS) is 13.6. The van der Waals surface area contributed by atoms with Crippen molar-refractivity contribution in [2.75, 3.05) is 49.7 Å². The zero-order chi connectivity index (χ0) is 21.5. The van der Waals surface area contributed by atoms with E-state index in [1.54, 1.807) is 19.1 Å². The van der Waals surface area contributed by atoms with Gasteiger partial charge in [0.2, 0.25) is 0 Å². The second-order valence-electron chi connectivity index (χ2n) is 7.16. The van der Waals surface area contributed by atoms with Crippen molar-refractivity contribution in [3.63, 3.8) is 0 Å². The van der Waals surface area contributed by atoms with Gasteiger partial charge in [0.25, 0.3) is 5.91 Å². The Kier molecular flexibility index (Phi) is 7.30. The van der Waals surface area contributed by atoms with Gasteiger partial charge in [0.1, 0.15) is 5.75 Å². The second-order valence-corrected chi connectivity index (χ2v) is 7.16. The fourth-order valence-corrected chi connectivity index (χ4v) is 3.37. The molecule has 7 heteroatoms. The average Bonchev–Trinajstić information content (AvgIpc) is 2.74. The molecule has 0 radical (unpaired) electrons. The Labute approximate surface area is 176 Å². The van der Waals surface area contributed by atoms with E-state index in [9.17, 15) is 9.59 Å². The summed E-state index contributed by atoms with van der Waals surface area (Å²) < 4.78 is 16.2. The van der Waals surface area contributed by atoms with Crippen molar-refractivity contribution in [1.29, 1.82) is 0 Å². The smallest absolute Gasteiger partial charge is 0.340 e. The lowest BCUT2D eigenvalue weighted by Crippen LogP contribution is -2.37. The number of carbonyl (C=O) groups is 2. The highest BCUT2D eigenvalue weighted by molar-refractivity contribution is 5.99. The Balaban J connectivity index is 1.70. The van der Waals surface area contributed by atoms with Crippen LogP contribution in [0.3, 0.4) is 0 Å². The quantitative estimate of drug-likeness (QED) is 0.703. The molecule has 1 aliphatic heterocycles. The maximum Gasteiger partial charge on any atom is 0.340 e. The zero-order valence-electron chi connectivity index (χ0n) is 17.7. The molecule has 0 bridgehead atoms. The van der Waals surface area contributed by atoms with Crippen molar-refractivity contribution in [3.8, 4) is 5.75 Å². The number of nitrogens with one attached hydrogen (secondary N) is 1. The van der Waals surface area contributed by atoms with E-state index >= 15 is 0 Å². The predicted molar refractivity (Wildman–Crippen MR) is 115 cm³/mol. The number of aryl methyl sites for hydroxylation is 2. The van der Waals surface area contributed by atoms with Crippen LogP contribution in [-0.2, 0) is 14.3 Å². The summed E-state index contributed by atoms with van der Waals surface area (Å²) in [7, 11) is 0. The van der Waals surface area contributed by atoms with E-state index in [4.69, 9.17) is 14.2 Å². The third-order valence-electron chi connectivity index (χ3n) is 4.82. The number of nitrogens with zero attached hydrogens (tertiary/aromatic N) is 1. The summed E-state index contributed by atoms with van der Waals surface area (Å²) in [5.74, 6) is -0.0452. The molecular formula is C23H28N2O5. The molecule has 30 heavy (non-hydrogen) atoms. The molecule has 0 saturated carbocycles. The number of anilines is 2. The molecule has 1 saturated heterocycles. The molecule has 3 rings (SSSR count). The van der Waals surface area contributed by atoms with Gasteiger partial charge < -0.3 is 24.4 Å². The Bertz CT molecular complexity index is 906. The van der Waals surface area contributed by atoms with E-state index in [0.29, 0.717) is 43.3 Å².